The van der Waals surface area contributed by atoms with Gasteiger partial charge in [0.2, 0.25) is 11.8 Å². The van der Waals surface area contributed by atoms with Crippen LogP contribution in [-0.4, -0.2) is 39.4 Å². The Morgan fingerprint density at radius 3 is 1.57 bits per heavy atom. The van der Waals surface area contributed by atoms with Gasteiger partial charge in [0, 0.05) is 59.7 Å². The average Bonchev–Trinajstić information content (AvgIpc) is 3.07. The molecule has 265 valence electrons. The second kappa shape index (κ2) is 16.9. The van der Waals surface area contributed by atoms with Gasteiger partial charge >= 0.3 is 0 Å². The number of aromatic nitrogens is 2. The van der Waals surface area contributed by atoms with Gasteiger partial charge in [0.1, 0.15) is 40.2 Å². The second-order valence-electron chi connectivity index (χ2n) is 9.90. The van der Waals surface area contributed by atoms with E-state index in [-0.39, 0.29) is 97.9 Å². The smallest absolute Gasteiger partial charge is 0.271 e. The van der Waals surface area contributed by atoms with E-state index in [1.807, 2.05) is 0 Å². The fourth-order valence-electron chi connectivity index (χ4n) is 4.31. The Hall–Kier alpha value is -6.97. The van der Waals surface area contributed by atoms with Crippen LogP contribution in [0, 0.1) is 52.0 Å². The molecule has 0 aliphatic rings. The summed E-state index contributed by atoms with van der Waals surface area (Å²) < 4.78 is 1.91. The summed E-state index contributed by atoms with van der Waals surface area (Å²) in [6, 6.07) is 8.16. The van der Waals surface area contributed by atoms with Crippen molar-refractivity contribution >= 4 is 39.8 Å². The van der Waals surface area contributed by atoms with Crippen molar-refractivity contribution in [2.75, 3.05) is 0 Å². The summed E-state index contributed by atoms with van der Waals surface area (Å²) in [5, 5.41) is 85.5. The Morgan fingerprint density at radius 2 is 1.20 bits per heavy atom. The van der Waals surface area contributed by atoms with Crippen LogP contribution in [0.5, 0.6) is 23.3 Å². The molecule has 4 rings (SSSR count). The molecule has 20 nitrogen and oxygen atoms in total. The summed E-state index contributed by atoms with van der Waals surface area (Å²) in [5.41, 5.74) is -2.72. The summed E-state index contributed by atoms with van der Waals surface area (Å²) in [6.07, 6.45) is 0. The van der Waals surface area contributed by atoms with E-state index >= 15 is 0 Å². The standard InChI is InChI=1S/2C15H13N5O5.Co/c1-4-19-14(22)12(16-3)8(2)13(15(19)23)18-17-10-7-9(20(24)25)5-6-11(10)21;1-3-19-14(22)10(7-16)8(2)13(15(19)23)18-17-11-6-9(20(24)25)4-5-12(11)21;/h5-7,21,23H,4H2,1-2H3;4-6,21,23H,3H2,1-2H3;. The molecule has 51 heavy (non-hydrogen) atoms. The number of azo groups is 2. The predicted octanol–water partition coefficient (Wildman–Crippen LogP) is 6.24. The molecule has 0 aliphatic heterocycles. The third kappa shape index (κ3) is 8.37. The first-order chi connectivity index (χ1) is 23.6. The largest absolute Gasteiger partial charge is 0.506 e. The van der Waals surface area contributed by atoms with E-state index in [0.29, 0.717) is 0 Å². The maximum absolute atomic E-state index is 12.1. The number of nitriles is 1. The van der Waals surface area contributed by atoms with Crippen molar-refractivity contribution in [2.24, 2.45) is 20.5 Å². The number of rotatable bonds is 8. The topological polar surface area (TPSA) is 289 Å². The molecule has 0 spiro atoms. The van der Waals surface area contributed by atoms with E-state index in [1.165, 1.54) is 13.8 Å². The number of aromatic hydroxyl groups is 4. The van der Waals surface area contributed by atoms with E-state index in [2.05, 4.69) is 25.3 Å². The maximum atomic E-state index is 12.1. The number of pyridine rings is 2. The molecule has 2 aromatic heterocycles. The molecule has 0 unspecified atom stereocenters. The van der Waals surface area contributed by atoms with Crippen LogP contribution in [-0.2, 0) is 29.9 Å². The van der Waals surface area contributed by atoms with Gasteiger partial charge in [-0.1, -0.05) is 0 Å². The van der Waals surface area contributed by atoms with Crippen molar-refractivity contribution in [3.8, 4) is 29.3 Å². The van der Waals surface area contributed by atoms with Gasteiger partial charge in [-0.15, -0.1) is 20.5 Å². The van der Waals surface area contributed by atoms with Gasteiger partial charge in [-0.05, 0) is 45.4 Å². The zero-order valence-corrected chi connectivity index (χ0v) is 28.0. The van der Waals surface area contributed by atoms with Crippen LogP contribution >= 0.6 is 0 Å². The van der Waals surface area contributed by atoms with Crippen LogP contribution in [0.25, 0.3) is 4.85 Å². The second-order valence-corrected chi connectivity index (χ2v) is 9.90. The number of hydrogen-bond acceptors (Lipinski definition) is 15. The molecular formula is C30H26CoN10O10. The monoisotopic (exact) mass is 745 g/mol. The Kier molecular flexibility index (Phi) is 13.3. The minimum absolute atomic E-state index is 0. The summed E-state index contributed by atoms with van der Waals surface area (Å²) in [7, 11) is 0. The zero-order valence-electron chi connectivity index (χ0n) is 26.9. The van der Waals surface area contributed by atoms with Gasteiger partial charge < -0.3 is 20.4 Å². The Morgan fingerprint density at radius 1 is 0.784 bits per heavy atom. The number of non-ortho nitro benzene ring substituents is 2. The number of nitrogens with zero attached hydrogens (tertiary/aromatic N) is 10. The van der Waals surface area contributed by atoms with Crippen molar-refractivity contribution < 1.29 is 47.1 Å². The van der Waals surface area contributed by atoms with Crippen LogP contribution in [0.4, 0.5) is 39.8 Å². The number of nitro benzene ring substituents is 2. The summed E-state index contributed by atoms with van der Waals surface area (Å²) >= 11 is 0. The minimum atomic E-state index is -0.660. The molecule has 1 radical (unpaired) electrons. The molecule has 0 atom stereocenters. The molecule has 0 aliphatic carbocycles. The van der Waals surface area contributed by atoms with Gasteiger partial charge in [0.15, 0.2) is 5.69 Å². The fourth-order valence-corrected chi connectivity index (χ4v) is 4.31. The first kappa shape index (κ1) is 40.2. The molecule has 21 heteroatoms. The molecule has 0 bridgehead atoms. The van der Waals surface area contributed by atoms with Gasteiger partial charge in [0.05, 0.1) is 16.4 Å². The van der Waals surface area contributed by atoms with Crippen molar-refractivity contribution in [1.82, 2.24) is 9.13 Å². The molecule has 0 saturated heterocycles. The van der Waals surface area contributed by atoms with Crippen molar-refractivity contribution in [2.45, 2.75) is 40.8 Å². The number of phenolic OH excluding ortho intramolecular Hbond substituents is 2. The summed E-state index contributed by atoms with van der Waals surface area (Å²) in [5.74, 6) is -1.67. The van der Waals surface area contributed by atoms with Crippen LogP contribution in [0.15, 0.2) is 66.4 Å². The first-order valence-corrected chi connectivity index (χ1v) is 14.1. The van der Waals surface area contributed by atoms with Crippen LogP contribution < -0.4 is 11.1 Å². The van der Waals surface area contributed by atoms with E-state index in [1.54, 1.807) is 19.9 Å². The summed E-state index contributed by atoms with van der Waals surface area (Å²) in [4.78, 5) is 47.6. The van der Waals surface area contributed by atoms with E-state index in [4.69, 9.17) is 11.8 Å². The van der Waals surface area contributed by atoms with E-state index in [9.17, 15) is 50.2 Å². The number of hydrogen-bond donors (Lipinski definition) is 4. The SMILES string of the molecule is CCn1c(O)c(N=Nc2cc([N+](=O)[O-])ccc2O)c(C)c(C#N)c1=O.[C-]#[N+]c1c(C)c(N=Nc2cc([N+](=O)[O-])ccc2O)c(O)n(CC)c1=O.[Co]. The van der Waals surface area contributed by atoms with Crippen LogP contribution in [0.2, 0.25) is 0 Å². The number of phenols is 2. The van der Waals surface area contributed by atoms with Crippen molar-refractivity contribution in [3.05, 3.63) is 105 Å². The first-order valence-electron chi connectivity index (χ1n) is 14.1. The Bertz CT molecular complexity index is 2140. The molecule has 0 saturated carbocycles. The van der Waals surface area contributed by atoms with E-state index < -0.39 is 32.7 Å². The molecule has 0 amide bonds. The maximum Gasteiger partial charge on any atom is 0.271 e. The average molecular weight is 746 g/mol. The van der Waals surface area contributed by atoms with E-state index in [0.717, 1.165) is 45.5 Å². The van der Waals surface area contributed by atoms with Gasteiger partial charge in [-0.25, -0.2) is 4.85 Å². The molecule has 4 N–H and O–H groups in total. The van der Waals surface area contributed by atoms with Crippen LogP contribution in [0.3, 0.4) is 0 Å². The summed E-state index contributed by atoms with van der Waals surface area (Å²) in [6.45, 7) is 13.4. The third-order valence-corrected chi connectivity index (χ3v) is 6.99. The third-order valence-electron chi connectivity index (χ3n) is 6.99. The zero-order chi connectivity index (χ0) is 37.4. The Balaban J connectivity index is 0.000000347. The molecule has 2 aromatic carbocycles. The molecule has 4 aromatic rings. The van der Waals surface area contributed by atoms with Crippen molar-refractivity contribution in [1.29, 1.82) is 5.26 Å². The molecule has 0 fully saturated rings. The fraction of sp³-hybridized carbons (Fsp3) is 0.200. The van der Waals surface area contributed by atoms with Gasteiger partial charge in [0.25, 0.3) is 28.2 Å². The van der Waals surface area contributed by atoms with Crippen molar-refractivity contribution in [3.63, 3.8) is 0 Å². The van der Waals surface area contributed by atoms with Crippen LogP contribution in [0.1, 0.15) is 30.5 Å². The number of nitro groups is 2. The molecular weight excluding hydrogens is 719 g/mol. The van der Waals surface area contributed by atoms with Gasteiger partial charge in [-0.2, -0.15) is 5.26 Å². The number of benzene rings is 2. The molecule has 2 heterocycles. The Labute approximate surface area is 296 Å². The minimum Gasteiger partial charge on any atom is -0.506 e. The normalized spacial score (nSPS) is 10.5. The van der Waals surface area contributed by atoms with Gasteiger partial charge in [-0.3, -0.25) is 39.0 Å². The quantitative estimate of drug-likeness (QED) is 0.0677. The predicted molar refractivity (Wildman–Crippen MR) is 174 cm³/mol.